The highest BCUT2D eigenvalue weighted by atomic mass is 16.5. The number of hydrogen-bond donors (Lipinski definition) is 1. The number of pyridine rings is 1. The molecule has 0 saturated carbocycles. The van der Waals surface area contributed by atoms with Crippen LogP contribution in [0.25, 0.3) is 0 Å². The number of aromatic nitrogens is 2. The molecule has 4 rings (SSSR count). The van der Waals surface area contributed by atoms with Gasteiger partial charge in [-0.05, 0) is 23.7 Å². The van der Waals surface area contributed by atoms with E-state index in [0.29, 0.717) is 18.0 Å². The number of nitrogens with zero attached hydrogens (tertiary/aromatic N) is 3. The first-order valence-corrected chi connectivity index (χ1v) is 7.81. The molecule has 7 nitrogen and oxygen atoms in total. The lowest BCUT2D eigenvalue weighted by Crippen LogP contribution is -2.39. The molecule has 0 bridgehead atoms. The zero-order chi connectivity index (χ0) is 15.8. The summed E-state index contributed by atoms with van der Waals surface area (Å²) in [5, 5.41) is 6.60. The normalized spacial score (nSPS) is 18.0. The Bertz CT molecular complexity index is 721. The molecule has 1 amide bonds. The third kappa shape index (κ3) is 2.62. The Kier molecular flexibility index (Phi) is 3.40. The summed E-state index contributed by atoms with van der Waals surface area (Å²) in [4.78, 5) is 18.7. The number of rotatable bonds is 3. The van der Waals surface area contributed by atoms with Crippen LogP contribution in [-0.4, -0.2) is 35.2 Å². The first kappa shape index (κ1) is 14.0. The summed E-state index contributed by atoms with van der Waals surface area (Å²) >= 11 is 0. The smallest absolute Gasteiger partial charge is 0.254 e. The molecule has 1 N–H and O–H groups in total. The predicted octanol–water partition coefficient (Wildman–Crippen LogP) is 1.67. The third-order valence-corrected chi connectivity index (χ3v) is 4.37. The van der Waals surface area contributed by atoms with Gasteiger partial charge in [-0.2, -0.15) is 0 Å². The second kappa shape index (κ2) is 5.57. The number of piperidine rings is 1. The molecular formula is C16H18N4O3. The lowest BCUT2D eigenvalue weighted by molar-refractivity contribution is 0.0965. The van der Waals surface area contributed by atoms with Gasteiger partial charge in [-0.25, -0.2) is 4.98 Å². The maximum atomic E-state index is 11.7. The number of aryl methyl sites for hydroxylation is 1. The molecule has 0 aromatic carbocycles. The Morgan fingerprint density at radius 3 is 2.96 bits per heavy atom. The summed E-state index contributed by atoms with van der Waals surface area (Å²) in [5.74, 6) is 1.49. The van der Waals surface area contributed by atoms with Crippen LogP contribution < -0.4 is 15.0 Å². The van der Waals surface area contributed by atoms with Crippen LogP contribution in [0.2, 0.25) is 0 Å². The van der Waals surface area contributed by atoms with Crippen molar-refractivity contribution in [3.05, 3.63) is 35.2 Å². The van der Waals surface area contributed by atoms with Gasteiger partial charge in [0.25, 0.3) is 11.8 Å². The summed E-state index contributed by atoms with van der Waals surface area (Å²) in [7, 11) is 0. The monoisotopic (exact) mass is 314 g/mol. The van der Waals surface area contributed by atoms with E-state index in [4.69, 9.17) is 14.2 Å². The van der Waals surface area contributed by atoms with E-state index >= 15 is 0 Å². The number of hydrogen-bond acceptors (Lipinski definition) is 6. The van der Waals surface area contributed by atoms with Crippen molar-refractivity contribution >= 4 is 11.7 Å². The first-order valence-electron chi connectivity index (χ1n) is 7.81. The van der Waals surface area contributed by atoms with Crippen molar-refractivity contribution in [2.75, 3.05) is 18.0 Å². The van der Waals surface area contributed by atoms with Gasteiger partial charge < -0.3 is 19.5 Å². The Balaban J connectivity index is 1.45. The Labute approximate surface area is 133 Å². The molecule has 2 aromatic rings. The van der Waals surface area contributed by atoms with Crippen molar-refractivity contribution in [2.24, 2.45) is 0 Å². The number of fused-ring (bicyclic) bond motifs is 1. The maximum absolute atomic E-state index is 11.7. The van der Waals surface area contributed by atoms with Crippen molar-refractivity contribution in [1.82, 2.24) is 15.5 Å². The topological polar surface area (TPSA) is 80.5 Å². The van der Waals surface area contributed by atoms with Gasteiger partial charge in [-0.3, -0.25) is 4.79 Å². The van der Waals surface area contributed by atoms with Gasteiger partial charge >= 0.3 is 0 Å². The Morgan fingerprint density at radius 1 is 1.39 bits per heavy atom. The molecule has 0 unspecified atom stereocenters. The van der Waals surface area contributed by atoms with E-state index in [1.54, 1.807) is 6.07 Å². The average Bonchev–Trinajstić information content (AvgIpc) is 3.18. The molecule has 23 heavy (non-hydrogen) atoms. The van der Waals surface area contributed by atoms with Gasteiger partial charge in [-0.1, -0.05) is 0 Å². The fourth-order valence-electron chi connectivity index (χ4n) is 3.17. The molecule has 2 aromatic heterocycles. The van der Waals surface area contributed by atoms with Crippen molar-refractivity contribution in [1.29, 1.82) is 0 Å². The zero-order valence-corrected chi connectivity index (χ0v) is 12.9. The lowest BCUT2D eigenvalue weighted by Gasteiger charge is -2.33. The van der Waals surface area contributed by atoms with Crippen molar-refractivity contribution < 1.29 is 14.1 Å². The molecule has 0 aliphatic carbocycles. The van der Waals surface area contributed by atoms with E-state index in [0.717, 1.165) is 43.0 Å². The number of amides is 1. The van der Waals surface area contributed by atoms with Gasteiger partial charge in [0, 0.05) is 32.0 Å². The molecule has 0 atom stereocenters. The minimum absolute atomic E-state index is 0.0260. The highest BCUT2D eigenvalue weighted by molar-refractivity contribution is 5.98. The molecule has 1 fully saturated rings. The van der Waals surface area contributed by atoms with Crippen LogP contribution >= 0.6 is 0 Å². The van der Waals surface area contributed by atoms with E-state index < -0.39 is 0 Å². The largest absolute Gasteiger partial charge is 0.472 e. The first-order chi connectivity index (χ1) is 11.2. The zero-order valence-electron chi connectivity index (χ0n) is 12.9. The van der Waals surface area contributed by atoms with Gasteiger partial charge in [0.2, 0.25) is 0 Å². The number of carbonyl (C=O) groups is 1. The van der Waals surface area contributed by atoms with Gasteiger partial charge in [-0.15, -0.1) is 0 Å². The summed E-state index contributed by atoms with van der Waals surface area (Å²) in [6.45, 7) is 4.27. The fourth-order valence-corrected chi connectivity index (χ4v) is 3.17. The summed E-state index contributed by atoms with van der Waals surface area (Å²) < 4.78 is 10.6. The van der Waals surface area contributed by atoms with E-state index in [-0.39, 0.29) is 12.0 Å². The lowest BCUT2D eigenvalue weighted by atomic mass is 10.1. The molecular weight excluding hydrogens is 296 g/mol. The fraction of sp³-hybridized carbons (Fsp3) is 0.438. The number of ether oxygens (including phenoxy) is 1. The molecule has 0 radical (unpaired) electrons. The molecule has 2 aliphatic heterocycles. The van der Waals surface area contributed by atoms with Crippen LogP contribution in [0.3, 0.4) is 0 Å². The summed E-state index contributed by atoms with van der Waals surface area (Å²) in [5.41, 5.74) is 2.59. The summed E-state index contributed by atoms with van der Waals surface area (Å²) in [6.07, 6.45) is 3.47. The highest BCUT2D eigenvalue weighted by Crippen LogP contribution is 2.27. The highest BCUT2D eigenvalue weighted by Gasteiger charge is 2.26. The Hall–Kier alpha value is -2.57. The number of anilines is 1. The minimum Gasteiger partial charge on any atom is -0.472 e. The number of nitrogens with one attached hydrogen (secondary N) is 1. The van der Waals surface area contributed by atoms with Crippen LogP contribution in [0.15, 0.2) is 22.9 Å². The van der Waals surface area contributed by atoms with Crippen molar-refractivity contribution in [2.45, 2.75) is 32.4 Å². The van der Waals surface area contributed by atoms with Crippen LogP contribution in [0, 0.1) is 6.92 Å². The maximum Gasteiger partial charge on any atom is 0.254 e. The van der Waals surface area contributed by atoms with Crippen LogP contribution in [0.1, 0.15) is 34.5 Å². The van der Waals surface area contributed by atoms with E-state index in [1.165, 1.54) is 6.26 Å². The van der Waals surface area contributed by atoms with Crippen LogP contribution in [0.4, 0.5) is 5.82 Å². The van der Waals surface area contributed by atoms with E-state index in [9.17, 15) is 4.79 Å². The quantitative estimate of drug-likeness (QED) is 0.928. The second-order valence-electron chi connectivity index (χ2n) is 5.95. The molecule has 1 saturated heterocycles. The van der Waals surface area contributed by atoms with Crippen molar-refractivity contribution in [3.63, 3.8) is 0 Å². The third-order valence-electron chi connectivity index (χ3n) is 4.37. The minimum atomic E-state index is -0.0260. The average molecular weight is 314 g/mol. The second-order valence-corrected chi connectivity index (χ2v) is 5.95. The van der Waals surface area contributed by atoms with Gasteiger partial charge in [0.15, 0.2) is 0 Å². The Morgan fingerprint density at radius 2 is 2.22 bits per heavy atom. The standard InChI is InChI=1S/C16H18N4O3/c1-10-8-12-13(9-17-16(12)21)18-15(10)20-5-2-11(3-6-20)23-14-4-7-22-19-14/h4,7-8,11H,2-3,5-6,9H2,1H3,(H,17,21). The SMILES string of the molecule is Cc1cc2c(nc1N1CCC(Oc3ccon3)CC1)CNC2=O. The predicted molar refractivity (Wildman–Crippen MR) is 82.5 cm³/mol. The molecule has 120 valence electrons. The molecule has 7 heteroatoms. The van der Waals surface area contributed by atoms with Crippen molar-refractivity contribution in [3.8, 4) is 5.88 Å². The van der Waals surface area contributed by atoms with E-state index in [2.05, 4.69) is 15.4 Å². The van der Waals surface area contributed by atoms with Gasteiger partial charge in [0.05, 0.1) is 17.8 Å². The summed E-state index contributed by atoms with van der Waals surface area (Å²) in [6, 6.07) is 3.67. The molecule has 0 spiro atoms. The number of carbonyl (C=O) groups excluding carboxylic acids is 1. The van der Waals surface area contributed by atoms with Gasteiger partial charge in [0.1, 0.15) is 18.2 Å². The molecule has 2 aliphatic rings. The van der Waals surface area contributed by atoms with Crippen LogP contribution in [-0.2, 0) is 6.54 Å². The molecule has 4 heterocycles. The van der Waals surface area contributed by atoms with Crippen LogP contribution in [0.5, 0.6) is 5.88 Å². The van der Waals surface area contributed by atoms with E-state index in [1.807, 2.05) is 13.0 Å².